The van der Waals surface area contributed by atoms with Gasteiger partial charge in [-0.25, -0.2) is 4.98 Å². The maximum Gasteiger partial charge on any atom is 0.261 e. The summed E-state index contributed by atoms with van der Waals surface area (Å²) < 4.78 is 1.24. The molecule has 1 aliphatic rings. The first-order valence-electron chi connectivity index (χ1n) is 10.0. The molecule has 9 heteroatoms. The fraction of sp³-hybridized carbons (Fsp3) is 0.273. The van der Waals surface area contributed by atoms with Gasteiger partial charge in [-0.05, 0) is 30.3 Å². The summed E-state index contributed by atoms with van der Waals surface area (Å²) in [6.07, 6.45) is 1.35. The Bertz CT molecular complexity index is 1170. The molecule has 1 aliphatic heterocycles. The number of nitrogens with zero attached hydrogens (tertiary/aromatic N) is 4. The minimum absolute atomic E-state index is 0.105. The molecule has 0 spiro atoms. The number of piperazine rings is 1. The summed E-state index contributed by atoms with van der Waals surface area (Å²) >= 11 is 6.05. The topological polar surface area (TPSA) is 87.5 Å². The van der Waals surface area contributed by atoms with E-state index in [-0.39, 0.29) is 24.6 Å². The number of carbonyl (C=O) groups excluding carboxylic acids is 2. The molecule has 4 rings (SSSR count). The molecule has 0 bridgehead atoms. The minimum atomic E-state index is -0.412. The first-order valence-corrected chi connectivity index (χ1v) is 10.4. The number of anilines is 1. The molecule has 1 fully saturated rings. The van der Waals surface area contributed by atoms with Crippen molar-refractivity contribution in [3.8, 4) is 0 Å². The molecule has 8 nitrogen and oxygen atoms in total. The van der Waals surface area contributed by atoms with Crippen molar-refractivity contribution in [3.63, 3.8) is 0 Å². The number of rotatable bonds is 5. The third-order valence-electron chi connectivity index (χ3n) is 5.29. The molecular weight excluding hydrogens is 418 g/mol. The monoisotopic (exact) mass is 439 g/mol. The Morgan fingerprint density at radius 3 is 2.58 bits per heavy atom. The van der Waals surface area contributed by atoms with Crippen molar-refractivity contribution < 1.29 is 9.59 Å². The molecule has 1 saturated heterocycles. The third kappa shape index (κ3) is 4.86. The first-order chi connectivity index (χ1) is 15.0. The van der Waals surface area contributed by atoms with Crippen LogP contribution < -0.4 is 15.8 Å². The van der Waals surface area contributed by atoms with Crippen LogP contribution in [-0.4, -0.2) is 59.0 Å². The lowest BCUT2D eigenvalue weighted by atomic mass is 10.2. The fourth-order valence-electron chi connectivity index (χ4n) is 3.60. The Balaban J connectivity index is 1.28. The van der Waals surface area contributed by atoms with Gasteiger partial charge in [-0.2, -0.15) is 0 Å². The number of benzene rings is 2. The van der Waals surface area contributed by atoms with Gasteiger partial charge in [0.25, 0.3) is 5.56 Å². The van der Waals surface area contributed by atoms with E-state index in [0.29, 0.717) is 42.1 Å². The number of fused-ring (bicyclic) bond motifs is 1. The van der Waals surface area contributed by atoms with Crippen LogP contribution in [0.4, 0.5) is 5.69 Å². The van der Waals surface area contributed by atoms with Crippen molar-refractivity contribution in [2.24, 2.45) is 0 Å². The second-order valence-corrected chi connectivity index (χ2v) is 7.76. The minimum Gasteiger partial charge on any atom is -0.368 e. The van der Waals surface area contributed by atoms with Crippen LogP contribution in [-0.2, 0) is 16.1 Å². The predicted octanol–water partition coefficient (Wildman–Crippen LogP) is 1.51. The summed E-state index contributed by atoms with van der Waals surface area (Å²) in [5.41, 5.74) is 1.32. The van der Waals surface area contributed by atoms with Crippen LogP contribution in [0.2, 0.25) is 5.02 Å². The van der Waals surface area contributed by atoms with Crippen molar-refractivity contribution >= 4 is 40.0 Å². The van der Waals surface area contributed by atoms with Crippen molar-refractivity contribution in [3.05, 3.63) is 70.2 Å². The molecule has 3 aromatic rings. The standard InChI is InChI=1S/C22H22ClN5O3/c23-16-4-3-5-17(12-16)26-8-10-27(11-9-26)21(30)13-24-20(29)14-28-15-25-19-7-2-1-6-18(19)22(28)31/h1-7,12,15H,8-11,13-14H2,(H,24,29). The van der Waals surface area contributed by atoms with E-state index in [2.05, 4.69) is 15.2 Å². The summed E-state index contributed by atoms with van der Waals surface area (Å²) in [6.45, 7) is 2.22. The number of nitrogens with one attached hydrogen (secondary N) is 1. The number of hydrogen-bond acceptors (Lipinski definition) is 5. The number of aromatic nitrogens is 2. The highest BCUT2D eigenvalue weighted by Gasteiger charge is 2.21. The molecule has 2 amide bonds. The van der Waals surface area contributed by atoms with E-state index in [4.69, 9.17) is 11.6 Å². The largest absolute Gasteiger partial charge is 0.368 e. The van der Waals surface area contributed by atoms with Gasteiger partial charge in [0.2, 0.25) is 11.8 Å². The van der Waals surface area contributed by atoms with Crippen LogP contribution in [0.1, 0.15) is 0 Å². The molecule has 0 radical (unpaired) electrons. The third-order valence-corrected chi connectivity index (χ3v) is 5.52. The lowest BCUT2D eigenvalue weighted by Crippen LogP contribution is -2.51. The quantitative estimate of drug-likeness (QED) is 0.651. The van der Waals surface area contributed by atoms with E-state index >= 15 is 0 Å². The van der Waals surface area contributed by atoms with Crippen LogP contribution in [0, 0.1) is 0 Å². The van der Waals surface area contributed by atoms with Gasteiger partial charge in [0, 0.05) is 36.9 Å². The predicted molar refractivity (Wildman–Crippen MR) is 119 cm³/mol. The number of amides is 2. The Hall–Kier alpha value is -3.39. The SMILES string of the molecule is O=C(Cn1cnc2ccccc2c1=O)NCC(=O)N1CCN(c2cccc(Cl)c2)CC1. The van der Waals surface area contributed by atoms with Crippen molar-refractivity contribution in [2.45, 2.75) is 6.54 Å². The summed E-state index contributed by atoms with van der Waals surface area (Å²) in [5.74, 6) is -0.562. The van der Waals surface area contributed by atoms with Gasteiger partial charge in [0.1, 0.15) is 6.54 Å². The van der Waals surface area contributed by atoms with E-state index in [1.165, 1.54) is 10.9 Å². The summed E-state index contributed by atoms with van der Waals surface area (Å²) in [4.78, 5) is 45.3. The normalized spacial score (nSPS) is 14.0. The molecule has 0 saturated carbocycles. The second kappa shape index (κ2) is 9.18. The van der Waals surface area contributed by atoms with Crippen LogP contribution in [0.5, 0.6) is 0 Å². The molecular formula is C22H22ClN5O3. The van der Waals surface area contributed by atoms with Gasteiger partial charge in [0.05, 0.1) is 23.8 Å². The van der Waals surface area contributed by atoms with Gasteiger partial charge in [-0.3, -0.25) is 19.0 Å². The molecule has 0 aliphatic carbocycles. The van der Waals surface area contributed by atoms with E-state index in [1.54, 1.807) is 29.2 Å². The number of hydrogen-bond donors (Lipinski definition) is 1. The second-order valence-electron chi connectivity index (χ2n) is 7.32. The Kier molecular flexibility index (Phi) is 6.18. The van der Waals surface area contributed by atoms with Crippen LogP contribution >= 0.6 is 11.6 Å². The zero-order chi connectivity index (χ0) is 21.8. The van der Waals surface area contributed by atoms with Crippen LogP contribution in [0.3, 0.4) is 0 Å². The zero-order valence-electron chi connectivity index (χ0n) is 16.8. The average molecular weight is 440 g/mol. The number of carbonyl (C=O) groups is 2. The Morgan fingerprint density at radius 2 is 1.81 bits per heavy atom. The highest BCUT2D eigenvalue weighted by Crippen LogP contribution is 2.20. The van der Waals surface area contributed by atoms with Gasteiger partial charge in [-0.15, -0.1) is 0 Å². The summed E-state index contributed by atoms with van der Waals surface area (Å²) in [6, 6.07) is 14.6. The Labute approximate surface area is 184 Å². The highest BCUT2D eigenvalue weighted by molar-refractivity contribution is 6.30. The lowest BCUT2D eigenvalue weighted by Gasteiger charge is -2.36. The van der Waals surface area contributed by atoms with Gasteiger partial charge in [0.15, 0.2) is 0 Å². The molecule has 31 heavy (non-hydrogen) atoms. The van der Waals surface area contributed by atoms with Gasteiger partial charge < -0.3 is 15.1 Å². The molecule has 0 atom stereocenters. The molecule has 160 valence electrons. The molecule has 1 N–H and O–H groups in total. The lowest BCUT2D eigenvalue weighted by molar-refractivity contribution is -0.133. The first kappa shape index (κ1) is 20.9. The Morgan fingerprint density at radius 1 is 1.03 bits per heavy atom. The average Bonchev–Trinajstić information content (AvgIpc) is 2.79. The van der Waals surface area contributed by atoms with E-state index < -0.39 is 5.91 Å². The van der Waals surface area contributed by atoms with Crippen molar-refractivity contribution in [2.75, 3.05) is 37.6 Å². The molecule has 1 aromatic heterocycles. The highest BCUT2D eigenvalue weighted by atomic mass is 35.5. The molecule has 2 aromatic carbocycles. The van der Waals surface area contributed by atoms with Gasteiger partial charge >= 0.3 is 0 Å². The summed E-state index contributed by atoms with van der Waals surface area (Å²) in [7, 11) is 0. The van der Waals surface area contributed by atoms with E-state index in [0.717, 1.165) is 5.69 Å². The van der Waals surface area contributed by atoms with Crippen molar-refractivity contribution in [1.29, 1.82) is 0 Å². The number of para-hydroxylation sites is 1. The van der Waals surface area contributed by atoms with Gasteiger partial charge in [-0.1, -0.05) is 29.8 Å². The zero-order valence-corrected chi connectivity index (χ0v) is 17.6. The van der Waals surface area contributed by atoms with E-state index in [9.17, 15) is 14.4 Å². The summed E-state index contributed by atoms with van der Waals surface area (Å²) in [5, 5.41) is 3.74. The van der Waals surface area contributed by atoms with E-state index in [1.807, 2.05) is 24.3 Å². The fourth-order valence-corrected chi connectivity index (χ4v) is 3.79. The maximum atomic E-state index is 12.5. The smallest absolute Gasteiger partial charge is 0.261 e. The van der Waals surface area contributed by atoms with Crippen LogP contribution in [0.25, 0.3) is 10.9 Å². The maximum absolute atomic E-state index is 12.5. The molecule has 0 unspecified atom stereocenters. The number of halogens is 1. The molecule has 2 heterocycles. The van der Waals surface area contributed by atoms with Crippen molar-refractivity contribution in [1.82, 2.24) is 19.8 Å². The van der Waals surface area contributed by atoms with Crippen LogP contribution in [0.15, 0.2) is 59.7 Å².